The van der Waals surface area contributed by atoms with Gasteiger partial charge in [0.15, 0.2) is 0 Å². The van der Waals surface area contributed by atoms with Crippen molar-refractivity contribution in [2.24, 2.45) is 0 Å². The molecule has 20 heavy (non-hydrogen) atoms. The van der Waals surface area contributed by atoms with E-state index in [1.165, 1.54) is 0 Å². The Labute approximate surface area is 116 Å². The fourth-order valence-electron chi connectivity index (χ4n) is 3.32. The third-order valence-corrected chi connectivity index (χ3v) is 4.17. The third kappa shape index (κ3) is 1.92. The number of hydrogen-bond donors (Lipinski definition) is 3. The molecule has 6 heteroatoms. The minimum Gasteiger partial charge on any atom is -0.465 e. The van der Waals surface area contributed by atoms with Gasteiger partial charge in [-0.15, -0.1) is 0 Å². The molecule has 0 spiro atoms. The van der Waals surface area contributed by atoms with Gasteiger partial charge in [-0.2, -0.15) is 0 Å². The predicted octanol–water partition coefficient (Wildman–Crippen LogP) is 0.558. The highest BCUT2D eigenvalue weighted by molar-refractivity contribution is 5.93. The number of nitrogens with one attached hydrogen (secondary N) is 1. The molecule has 106 valence electrons. The molecule has 1 aromatic carbocycles. The highest BCUT2D eigenvalue weighted by Gasteiger charge is 2.61. The van der Waals surface area contributed by atoms with Gasteiger partial charge in [0.25, 0.3) is 0 Å². The molecule has 6 nitrogen and oxygen atoms in total. The van der Waals surface area contributed by atoms with Gasteiger partial charge in [0.1, 0.15) is 5.54 Å². The Kier molecular flexibility index (Phi) is 2.90. The van der Waals surface area contributed by atoms with Gasteiger partial charge in [-0.3, -0.25) is 4.79 Å². The van der Waals surface area contributed by atoms with E-state index in [0.717, 1.165) is 5.56 Å². The Bertz CT molecular complexity index is 547. The van der Waals surface area contributed by atoms with Crippen LogP contribution in [0.3, 0.4) is 0 Å². The Morgan fingerprint density at radius 2 is 2.05 bits per heavy atom. The SMILES string of the molecule is O=C(O)NC12CC(O)C(C1)N(Cc1ccccc1)C2=O. The molecule has 1 aliphatic carbocycles. The summed E-state index contributed by atoms with van der Waals surface area (Å²) in [6.45, 7) is 0.393. The largest absolute Gasteiger partial charge is 0.465 e. The lowest BCUT2D eigenvalue weighted by Crippen LogP contribution is -2.57. The molecule has 0 radical (unpaired) electrons. The number of carbonyl (C=O) groups is 2. The van der Waals surface area contributed by atoms with Crippen LogP contribution in [0.2, 0.25) is 0 Å². The minimum atomic E-state index is -1.23. The van der Waals surface area contributed by atoms with Crippen LogP contribution in [0.5, 0.6) is 0 Å². The molecule has 2 fully saturated rings. The molecule has 1 saturated carbocycles. The highest BCUT2D eigenvalue weighted by atomic mass is 16.4. The van der Waals surface area contributed by atoms with Crippen molar-refractivity contribution in [3.63, 3.8) is 0 Å². The van der Waals surface area contributed by atoms with E-state index < -0.39 is 17.7 Å². The van der Waals surface area contributed by atoms with Crippen LogP contribution in [0.1, 0.15) is 18.4 Å². The molecule has 1 saturated heterocycles. The van der Waals surface area contributed by atoms with E-state index in [4.69, 9.17) is 5.11 Å². The predicted molar refractivity (Wildman–Crippen MR) is 69.9 cm³/mol. The Hall–Kier alpha value is -2.08. The zero-order chi connectivity index (χ0) is 14.3. The number of carboxylic acid groups (broad SMARTS) is 1. The average Bonchev–Trinajstić information content (AvgIpc) is 2.84. The first-order valence-corrected chi connectivity index (χ1v) is 6.56. The summed E-state index contributed by atoms with van der Waals surface area (Å²) in [5, 5.41) is 21.3. The van der Waals surface area contributed by atoms with E-state index >= 15 is 0 Å². The van der Waals surface area contributed by atoms with Crippen LogP contribution >= 0.6 is 0 Å². The number of hydrogen-bond acceptors (Lipinski definition) is 3. The van der Waals surface area contributed by atoms with Crippen LogP contribution < -0.4 is 5.32 Å². The molecule has 2 bridgehead atoms. The van der Waals surface area contributed by atoms with E-state index in [-0.39, 0.29) is 18.4 Å². The molecule has 3 N–H and O–H groups in total. The number of nitrogens with zero attached hydrogens (tertiary/aromatic N) is 1. The number of likely N-dealkylation sites (tertiary alicyclic amines) is 1. The number of benzene rings is 1. The van der Waals surface area contributed by atoms with E-state index in [1.54, 1.807) is 4.90 Å². The molecule has 0 aromatic heterocycles. The quantitative estimate of drug-likeness (QED) is 0.752. The lowest BCUT2D eigenvalue weighted by Gasteiger charge is -2.34. The fourth-order valence-corrected chi connectivity index (χ4v) is 3.32. The topological polar surface area (TPSA) is 89.9 Å². The lowest BCUT2D eigenvalue weighted by atomic mass is 9.97. The van der Waals surface area contributed by atoms with Crippen LogP contribution in [0.4, 0.5) is 4.79 Å². The van der Waals surface area contributed by atoms with Crippen LogP contribution in [0.25, 0.3) is 0 Å². The normalized spacial score (nSPS) is 31.6. The van der Waals surface area contributed by atoms with Gasteiger partial charge >= 0.3 is 6.09 Å². The minimum absolute atomic E-state index is 0.161. The van der Waals surface area contributed by atoms with Crippen molar-refractivity contribution in [3.8, 4) is 0 Å². The second-order valence-electron chi connectivity index (χ2n) is 5.47. The monoisotopic (exact) mass is 276 g/mol. The van der Waals surface area contributed by atoms with Gasteiger partial charge in [0.2, 0.25) is 5.91 Å². The van der Waals surface area contributed by atoms with Gasteiger partial charge in [0.05, 0.1) is 12.1 Å². The smallest absolute Gasteiger partial charge is 0.405 e. The van der Waals surface area contributed by atoms with E-state index in [0.29, 0.717) is 13.0 Å². The van der Waals surface area contributed by atoms with E-state index in [1.807, 2.05) is 30.3 Å². The maximum atomic E-state index is 12.5. The lowest BCUT2D eigenvalue weighted by molar-refractivity contribution is -0.140. The summed E-state index contributed by atoms with van der Waals surface area (Å²) < 4.78 is 0. The molecule has 1 aliphatic heterocycles. The molecular weight excluding hydrogens is 260 g/mol. The first-order chi connectivity index (χ1) is 9.52. The second kappa shape index (κ2) is 4.49. The molecule has 2 amide bonds. The van der Waals surface area contributed by atoms with Crippen LogP contribution in [-0.4, -0.2) is 44.8 Å². The summed E-state index contributed by atoms with van der Waals surface area (Å²) in [7, 11) is 0. The number of fused-ring (bicyclic) bond motifs is 2. The van der Waals surface area contributed by atoms with Crippen molar-refractivity contribution < 1.29 is 19.8 Å². The van der Waals surface area contributed by atoms with Crippen molar-refractivity contribution >= 4 is 12.0 Å². The van der Waals surface area contributed by atoms with Crippen LogP contribution in [0, 0.1) is 0 Å². The summed E-state index contributed by atoms with van der Waals surface area (Å²) in [5.41, 5.74) is -0.184. The van der Waals surface area contributed by atoms with Crippen molar-refractivity contribution in [3.05, 3.63) is 35.9 Å². The number of rotatable bonds is 3. The zero-order valence-electron chi connectivity index (χ0n) is 10.8. The standard InChI is InChI=1S/C14H16N2O4/c17-11-7-14(15-13(19)20)6-10(11)16(12(14)18)8-9-4-2-1-3-5-9/h1-5,10-11,15,17H,6-8H2,(H,19,20). The summed E-state index contributed by atoms with van der Waals surface area (Å²) in [6.07, 6.45) is -1.41. The first kappa shape index (κ1) is 12.9. The Morgan fingerprint density at radius 1 is 1.35 bits per heavy atom. The number of carbonyl (C=O) groups excluding carboxylic acids is 1. The van der Waals surface area contributed by atoms with Crippen molar-refractivity contribution in [2.75, 3.05) is 0 Å². The van der Waals surface area contributed by atoms with Crippen LogP contribution in [-0.2, 0) is 11.3 Å². The maximum Gasteiger partial charge on any atom is 0.405 e. The fraction of sp³-hybridized carbons (Fsp3) is 0.429. The summed E-state index contributed by atoms with van der Waals surface area (Å²) >= 11 is 0. The van der Waals surface area contributed by atoms with E-state index in [2.05, 4.69) is 5.32 Å². The van der Waals surface area contributed by atoms with Gasteiger partial charge in [-0.05, 0) is 5.56 Å². The van der Waals surface area contributed by atoms with Gasteiger partial charge in [0, 0.05) is 19.4 Å². The van der Waals surface area contributed by atoms with Crippen molar-refractivity contribution in [1.82, 2.24) is 10.2 Å². The van der Waals surface area contributed by atoms with Crippen molar-refractivity contribution in [1.29, 1.82) is 0 Å². The van der Waals surface area contributed by atoms with E-state index in [9.17, 15) is 14.7 Å². The third-order valence-electron chi connectivity index (χ3n) is 4.17. The van der Waals surface area contributed by atoms with Gasteiger partial charge in [-0.1, -0.05) is 30.3 Å². The molecule has 3 atom stereocenters. The molecule has 3 unspecified atom stereocenters. The second-order valence-corrected chi connectivity index (χ2v) is 5.47. The highest BCUT2D eigenvalue weighted by Crippen LogP contribution is 2.43. The summed E-state index contributed by atoms with van der Waals surface area (Å²) in [4.78, 5) is 24.9. The average molecular weight is 276 g/mol. The van der Waals surface area contributed by atoms with Crippen LogP contribution in [0.15, 0.2) is 30.3 Å². The summed E-state index contributed by atoms with van der Waals surface area (Å²) in [5.74, 6) is -0.237. The molecule has 1 heterocycles. The number of amides is 2. The molecule has 3 rings (SSSR count). The van der Waals surface area contributed by atoms with Gasteiger partial charge in [-0.25, -0.2) is 4.79 Å². The van der Waals surface area contributed by atoms with Gasteiger partial charge < -0.3 is 20.4 Å². The molecular formula is C14H16N2O4. The number of aliphatic hydroxyl groups excluding tert-OH is 1. The Balaban J connectivity index is 1.84. The first-order valence-electron chi connectivity index (χ1n) is 6.56. The Morgan fingerprint density at radius 3 is 2.70 bits per heavy atom. The maximum absolute atomic E-state index is 12.5. The summed E-state index contributed by atoms with van der Waals surface area (Å²) in [6, 6.07) is 9.16. The number of aliphatic hydroxyl groups is 1. The molecule has 1 aromatic rings. The zero-order valence-corrected chi connectivity index (χ0v) is 10.8. The molecule has 2 aliphatic rings. The van der Waals surface area contributed by atoms with Crippen molar-refractivity contribution in [2.45, 2.75) is 37.1 Å². The number of piperidine rings is 1.